The van der Waals surface area contributed by atoms with E-state index in [9.17, 15) is 39.5 Å². The fraction of sp³-hybridized carbons (Fsp3) is 0.207. The number of fused-ring (bicyclic) bond motifs is 4. The summed E-state index contributed by atoms with van der Waals surface area (Å²) in [6.45, 7) is 1.07. The van der Waals surface area contributed by atoms with Crippen LogP contribution < -0.4 is 16.3 Å². The van der Waals surface area contributed by atoms with Crippen molar-refractivity contribution in [3.8, 4) is 0 Å². The smallest absolute Gasteiger partial charge is 0.374 e. The van der Waals surface area contributed by atoms with Gasteiger partial charge >= 0.3 is 12.4 Å². The van der Waals surface area contributed by atoms with Crippen molar-refractivity contribution in [3.05, 3.63) is 93.8 Å². The topological polar surface area (TPSA) is 72.1 Å². The average molecular weight is 672 g/mol. The fourth-order valence-corrected chi connectivity index (χ4v) is 5.99. The minimum absolute atomic E-state index is 0.0571. The van der Waals surface area contributed by atoms with Gasteiger partial charge in [-0.1, -0.05) is 18.2 Å². The Morgan fingerprint density at radius 2 is 1.76 bits per heavy atom. The Bertz CT molecular complexity index is 2130. The molecule has 3 heterocycles. The van der Waals surface area contributed by atoms with Crippen LogP contribution in [0.25, 0.3) is 27.6 Å². The highest BCUT2D eigenvalue weighted by atomic mass is 35.5. The molecule has 1 aliphatic heterocycles. The molecule has 0 fully saturated rings. The summed E-state index contributed by atoms with van der Waals surface area (Å²) in [7, 11) is 1.18. The predicted molar refractivity (Wildman–Crippen MR) is 152 cm³/mol. The molecule has 0 saturated heterocycles. The molecule has 1 aliphatic rings. The maximum Gasteiger partial charge on any atom is 0.418 e. The Morgan fingerprint density at radius 1 is 1.02 bits per heavy atom. The van der Waals surface area contributed by atoms with Crippen molar-refractivity contribution in [2.75, 3.05) is 12.4 Å². The Balaban J connectivity index is 1.71. The molecule has 0 radical (unpaired) electrons. The first-order valence-electron chi connectivity index (χ1n) is 13.2. The van der Waals surface area contributed by atoms with Gasteiger partial charge in [-0.15, -0.1) is 0 Å². The molecule has 0 amide bonds. The number of nitrogens with one attached hydrogen (secondary N) is 2. The molecular formula is C29H19ClF9N7. The molecule has 1 atom stereocenters. The third-order valence-corrected chi connectivity index (χ3v) is 7.80. The van der Waals surface area contributed by atoms with Crippen LogP contribution in [-0.4, -0.2) is 32.3 Å². The fourth-order valence-electron chi connectivity index (χ4n) is 5.77. The van der Waals surface area contributed by atoms with Crippen LogP contribution >= 0.6 is 11.6 Å². The maximum absolute atomic E-state index is 14.6. The number of halogens is 10. The van der Waals surface area contributed by atoms with Gasteiger partial charge in [0.15, 0.2) is 6.80 Å². The minimum atomic E-state index is -4.99. The van der Waals surface area contributed by atoms with Gasteiger partial charge in [0.2, 0.25) is 5.62 Å². The summed E-state index contributed by atoms with van der Waals surface area (Å²) in [6, 6.07) is 4.66. The van der Waals surface area contributed by atoms with Crippen LogP contribution in [0.1, 0.15) is 28.3 Å². The molecule has 17 heteroatoms. The van der Waals surface area contributed by atoms with Gasteiger partial charge < -0.3 is 15.2 Å². The second kappa shape index (κ2) is 11.0. The average Bonchev–Trinajstić information content (AvgIpc) is 3.46. The Kier molecular flexibility index (Phi) is 7.45. The molecule has 2 aromatic heterocycles. The lowest BCUT2D eigenvalue weighted by atomic mass is 9.94. The Hall–Kier alpha value is -4.73. The van der Waals surface area contributed by atoms with Crippen LogP contribution in [0.5, 0.6) is 0 Å². The molecule has 46 heavy (non-hydrogen) atoms. The molecule has 240 valence electrons. The molecule has 0 aliphatic carbocycles. The highest BCUT2D eigenvalue weighted by molar-refractivity contribution is 6.31. The van der Waals surface area contributed by atoms with E-state index in [1.54, 1.807) is 0 Å². The zero-order valence-corrected chi connectivity index (χ0v) is 24.0. The summed E-state index contributed by atoms with van der Waals surface area (Å²) in [5.74, 6) is -2.28. The quantitative estimate of drug-likeness (QED) is 0.188. The first-order valence-corrected chi connectivity index (χ1v) is 13.6. The number of imidazole rings is 1. The molecule has 3 aromatic carbocycles. The standard InChI is InChI=1S/C29H19ClF9N7/c1-12-21-22(24(43-12)15-5-13(32)3-4-18(15)30)19(8-20-25(21)46(10-31)27(40-2)45(20)9-28(34,35)36)44-26-16-6-14(33)7-17(29(37,38)39)23(16)41-11-42-26/h3-8,11,24,43H,1,9-10H2,2H3,(H,41,42,44). The Morgan fingerprint density at radius 3 is 2.41 bits per heavy atom. The lowest BCUT2D eigenvalue weighted by Gasteiger charge is -2.20. The van der Waals surface area contributed by atoms with Crippen molar-refractivity contribution in [3.63, 3.8) is 0 Å². The van der Waals surface area contributed by atoms with Gasteiger partial charge in [0, 0.05) is 45.5 Å². The third kappa shape index (κ3) is 5.19. The molecule has 5 aromatic rings. The van der Waals surface area contributed by atoms with E-state index >= 15 is 0 Å². The monoisotopic (exact) mass is 671 g/mol. The predicted octanol–water partition coefficient (Wildman–Crippen LogP) is 7.76. The minimum Gasteiger partial charge on any atom is -0.374 e. The van der Waals surface area contributed by atoms with E-state index in [0.717, 1.165) is 33.7 Å². The van der Waals surface area contributed by atoms with Crippen LogP contribution in [0, 0.1) is 11.6 Å². The maximum atomic E-state index is 14.6. The van der Waals surface area contributed by atoms with Crippen molar-refractivity contribution < 1.29 is 39.5 Å². The van der Waals surface area contributed by atoms with Crippen molar-refractivity contribution in [2.45, 2.75) is 31.7 Å². The van der Waals surface area contributed by atoms with Crippen molar-refractivity contribution >= 4 is 50.7 Å². The molecule has 6 rings (SSSR count). The second-order valence-electron chi connectivity index (χ2n) is 10.3. The van der Waals surface area contributed by atoms with Gasteiger partial charge in [0.1, 0.15) is 30.3 Å². The number of alkyl halides is 7. The summed E-state index contributed by atoms with van der Waals surface area (Å²) >= 11 is 6.42. The summed E-state index contributed by atoms with van der Waals surface area (Å²) in [5.41, 5.74) is -2.24. The van der Waals surface area contributed by atoms with Crippen LogP contribution in [0.4, 0.5) is 51.0 Å². The van der Waals surface area contributed by atoms with Gasteiger partial charge in [-0.05, 0) is 36.4 Å². The number of hydrogen-bond donors (Lipinski definition) is 2. The van der Waals surface area contributed by atoms with Crippen LogP contribution in [-0.2, 0) is 19.5 Å². The largest absolute Gasteiger partial charge is 0.418 e. The third-order valence-electron chi connectivity index (χ3n) is 7.46. The number of anilines is 2. The number of rotatable bonds is 5. The Labute approximate surface area is 257 Å². The van der Waals surface area contributed by atoms with E-state index < -0.39 is 65.5 Å². The summed E-state index contributed by atoms with van der Waals surface area (Å²) in [5, 5.41) is 5.52. The first-order chi connectivity index (χ1) is 21.6. The molecule has 0 saturated carbocycles. The number of hydrogen-bond acceptors (Lipinski definition) is 5. The van der Waals surface area contributed by atoms with Crippen molar-refractivity contribution in [1.82, 2.24) is 24.4 Å². The van der Waals surface area contributed by atoms with Gasteiger partial charge in [-0.2, -0.15) is 26.3 Å². The second-order valence-corrected chi connectivity index (χ2v) is 10.7. The summed E-state index contributed by atoms with van der Waals surface area (Å²) < 4.78 is 128. The molecule has 0 bridgehead atoms. The van der Waals surface area contributed by atoms with Crippen LogP contribution in [0.2, 0.25) is 5.02 Å². The lowest BCUT2D eigenvalue weighted by Crippen LogP contribution is -2.30. The summed E-state index contributed by atoms with van der Waals surface area (Å²) in [4.78, 5) is 11.6. The van der Waals surface area contributed by atoms with E-state index in [1.807, 2.05) is 0 Å². The zero-order chi connectivity index (χ0) is 33.3. The highest BCUT2D eigenvalue weighted by Gasteiger charge is 2.38. The van der Waals surface area contributed by atoms with Crippen molar-refractivity contribution in [2.24, 2.45) is 4.99 Å². The van der Waals surface area contributed by atoms with Gasteiger partial charge in [0.05, 0.1) is 28.2 Å². The van der Waals surface area contributed by atoms with Crippen LogP contribution in [0.15, 0.2) is 54.3 Å². The SMILES string of the molecule is C=C1NC(c2cc(F)ccc2Cl)c2c(Nc3ncnc4c(C(F)(F)F)cc(F)cc34)cc3c(c21)n(CF)c(=NC)n3CC(F)(F)F. The normalized spacial score (nSPS) is 15.6. The van der Waals surface area contributed by atoms with E-state index in [-0.39, 0.29) is 56.0 Å². The number of aromatic nitrogens is 4. The number of benzene rings is 3. The molecule has 1 unspecified atom stereocenters. The van der Waals surface area contributed by atoms with E-state index in [4.69, 9.17) is 11.6 Å². The van der Waals surface area contributed by atoms with Crippen molar-refractivity contribution in [1.29, 1.82) is 0 Å². The number of nitrogens with zero attached hydrogens (tertiary/aromatic N) is 5. The molecule has 2 N–H and O–H groups in total. The highest BCUT2D eigenvalue weighted by Crippen LogP contribution is 2.47. The van der Waals surface area contributed by atoms with E-state index in [1.165, 1.54) is 19.2 Å². The van der Waals surface area contributed by atoms with Gasteiger partial charge in [0.25, 0.3) is 0 Å². The van der Waals surface area contributed by atoms with Gasteiger partial charge in [-0.25, -0.2) is 23.1 Å². The van der Waals surface area contributed by atoms with Crippen LogP contribution in [0.3, 0.4) is 0 Å². The first kappa shape index (κ1) is 31.3. The molecule has 7 nitrogen and oxygen atoms in total. The molecule has 0 spiro atoms. The van der Waals surface area contributed by atoms with E-state index in [2.05, 4.69) is 32.2 Å². The van der Waals surface area contributed by atoms with Gasteiger partial charge in [-0.3, -0.25) is 9.56 Å². The summed E-state index contributed by atoms with van der Waals surface area (Å²) in [6.07, 6.45) is -8.98. The van der Waals surface area contributed by atoms with E-state index in [0.29, 0.717) is 0 Å². The molecular weight excluding hydrogens is 653 g/mol. The lowest BCUT2D eigenvalue weighted by molar-refractivity contribution is -0.140. The zero-order valence-electron chi connectivity index (χ0n) is 23.3.